The van der Waals surface area contributed by atoms with E-state index in [0.29, 0.717) is 5.69 Å². The standard InChI is InChI=1S/C15H16N4S/c1-15(2,14-18-8-9-20-14)19-12-6-7-17-13-10(12)4-3-5-11(13)16/h3-9H,16H2,1-2H3,(H,17,19). The molecule has 0 radical (unpaired) electrons. The maximum absolute atomic E-state index is 5.98. The smallest absolute Gasteiger partial charge is 0.117 e. The van der Waals surface area contributed by atoms with Crippen LogP contribution in [0, 0.1) is 0 Å². The van der Waals surface area contributed by atoms with E-state index in [2.05, 4.69) is 29.1 Å². The molecule has 3 N–H and O–H groups in total. The van der Waals surface area contributed by atoms with E-state index in [1.54, 1.807) is 17.5 Å². The first kappa shape index (κ1) is 12.9. The van der Waals surface area contributed by atoms with Crippen molar-refractivity contribution in [3.8, 4) is 0 Å². The highest BCUT2D eigenvalue weighted by molar-refractivity contribution is 7.09. The van der Waals surface area contributed by atoms with Crippen molar-refractivity contribution in [2.45, 2.75) is 19.4 Å². The minimum atomic E-state index is -0.243. The highest BCUT2D eigenvalue weighted by Crippen LogP contribution is 2.31. The van der Waals surface area contributed by atoms with Gasteiger partial charge in [-0.2, -0.15) is 0 Å². The number of aromatic nitrogens is 2. The number of rotatable bonds is 3. The van der Waals surface area contributed by atoms with E-state index in [0.717, 1.165) is 21.6 Å². The molecule has 2 aromatic heterocycles. The molecule has 0 aliphatic heterocycles. The zero-order valence-corrected chi connectivity index (χ0v) is 12.2. The SMILES string of the molecule is CC(C)(Nc1ccnc2c(N)cccc12)c1nccs1. The summed E-state index contributed by atoms with van der Waals surface area (Å²) in [6, 6.07) is 7.81. The van der Waals surface area contributed by atoms with Gasteiger partial charge in [-0.1, -0.05) is 12.1 Å². The van der Waals surface area contributed by atoms with E-state index >= 15 is 0 Å². The van der Waals surface area contributed by atoms with Gasteiger partial charge in [0.1, 0.15) is 5.01 Å². The molecule has 0 saturated carbocycles. The summed E-state index contributed by atoms with van der Waals surface area (Å²) in [7, 11) is 0. The van der Waals surface area contributed by atoms with Crippen molar-refractivity contribution in [1.82, 2.24) is 9.97 Å². The van der Waals surface area contributed by atoms with Gasteiger partial charge in [0.05, 0.1) is 16.7 Å². The first-order chi connectivity index (χ1) is 9.58. The summed E-state index contributed by atoms with van der Waals surface area (Å²) in [4.78, 5) is 8.75. The number of fused-ring (bicyclic) bond motifs is 1. The molecule has 102 valence electrons. The number of hydrogen-bond donors (Lipinski definition) is 2. The lowest BCUT2D eigenvalue weighted by molar-refractivity contribution is 0.605. The Morgan fingerprint density at radius 2 is 2.00 bits per heavy atom. The zero-order valence-electron chi connectivity index (χ0n) is 11.4. The van der Waals surface area contributed by atoms with Crippen molar-refractivity contribution < 1.29 is 0 Å². The first-order valence-electron chi connectivity index (χ1n) is 6.39. The lowest BCUT2D eigenvalue weighted by Crippen LogP contribution is -2.27. The molecule has 0 spiro atoms. The van der Waals surface area contributed by atoms with Gasteiger partial charge in [0, 0.05) is 28.8 Å². The molecule has 0 amide bonds. The summed E-state index contributed by atoms with van der Waals surface area (Å²) in [5.41, 5.74) is 8.28. The van der Waals surface area contributed by atoms with Crippen LogP contribution in [0.3, 0.4) is 0 Å². The topological polar surface area (TPSA) is 63.8 Å². The quantitative estimate of drug-likeness (QED) is 0.721. The number of nitrogens with zero attached hydrogens (tertiary/aromatic N) is 2. The zero-order chi connectivity index (χ0) is 14.2. The fourth-order valence-corrected chi connectivity index (χ4v) is 2.95. The minimum absolute atomic E-state index is 0.243. The molecule has 1 aromatic carbocycles. The Kier molecular flexibility index (Phi) is 3.06. The molecule has 20 heavy (non-hydrogen) atoms. The third kappa shape index (κ3) is 2.20. The lowest BCUT2D eigenvalue weighted by atomic mass is 10.0. The van der Waals surface area contributed by atoms with Gasteiger partial charge in [-0.15, -0.1) is 11.3 Å². The lowest BCUT2D eigenvalue weighted by Gasteiger charge is -2.26. The molecule has 0 unspecified atom stereocenters. The average Bonchev–Trinajstić information content (AvgIpc) is 2.94. The monoisotopic (exact) mass is 284 g/mol. The minimum Gasteiger partial charge on any atom is -0.397 e. The maximum Gasteiger partial charge on any atom is 0.117 e. The number of para-hydroxylation sites is 1. The number of nitrogens with one attached hydrogen (secondary N) is 1. The Morgan fingerprint density at radius 3 is 2.75 bits per heavy atom. The van der Waals surface area contributed by atoms with Gasteiger partial charge < -0.3 is 11.1 Å². The normalized spacial score (nSPS) is 11.7. The molecule has 0 bridgehead atoms. The summed E-state index contributed by atoms with van der Waals surface area (Å²) in [6.45, 7) is 4.23. The predicted molar refractivity (Wildman–Crippen MR) is 84.9 cm³/mol. The second-order valence-electron chi connectivity index (χ2n) is 5.19. The summed E-state index contributed by atoms with van der Waals surface area (Å²) >= 11 is 1.64. The average molecular weight is 284 g/mol. The Hall–Kier alpha value is -2.14. The molecule has 5 heteroatoms. The van der Waals surface area contributed by atoms with E-state index in [1.165, 1.54) is 0 Å². The van der Waals surface area contributed by atoms with Gasteiger partial charge in [0.15, 0.2) is 0 Å². The number of anilines is 2. The predicted octanol–water partition coefficient (Wildman–Crippen LogP) is 3.62. The van der Waals surface area contributed by atoms with Crippen LogP contribution in [-0.2, 0) is 5.54 Å². The van der Waals surface area contributed by atoms with Crippen LogP contribution < -0.4 is 11.1 Å². The van der Waals surface area contributed by atoms with Crippen LogP contribution in [-0.4, -0.2) is 9.97 Å². The molecular formula is C15H16N4S. The van der Waals surface area contributed by atoms with Crippen molar-refractivity contribution in [2.75, 3.05) is 11.1 Å². The second kappa shape index (κ2) is 4.76. The van der Waals surface area contributed by atoms with Gasteiger partial charge in [-0.3, -0.25) is 4.98 Å². The Morgan fingerprint density at radius 1 is 1.15 bits per heavy atom. The van der Waals surface area contributed by atoms with E-state index in [1.807, 2.05) is 35.8 Å². The Labute approximate surface area is 121 Å². The van der Waals surface area contributed by atoms with Crippen LogP contribution in [0.25, 0.3) is 10.9 Å². The van der Waals surface area contributed by atoms with Gasteiger partial charge in [0.25, 0.3) is 0 Å². The van der Waals surface area contributed by atoms with Crippen LogP contribution in [0.4, 0.5) is 11.4 Å². The van der Waals surface area contributed by atoms with Gasteiger partial charge in [-0.25, -0.2) is 4.98 Å². The van der Waals surface area contributed by atoms with Crippen molar-refractivity contribution in [3.05, 3.63) is 47.0 Å². The summed E-state index contributed by atoms with van der Waals surface area (Å²) in [6.07, 6.45) is 3.60. The van der Waals surface area contributed by atoms with Crippen LogP contribution in [0.15, 0.2) is 42.0 Å². The largest absolute Gasteiger partial charge is 0.397 e. The fourth-order valence-electron chi connectivity index (χ4n) is 2.23. The van der Waals surface area contributed by atoms with E-state index in [9.17, 15) is 0 Å². The van der Waals surface area contributed by atoms with Gasteiger partial charge in [0.2, 0.25) is 0 Å². The number of nitrogens with two attached hydrogens (primary N) is 1. The maximum atomic E-state index is 5.98. The fraction of sp³-hybridized carbons (Fsp3) is 0.200. The molecule has 4 nitrogen and oxygen atoms in total. The number of pyridine rings is 1. The molecule has 0 aliphatic carbocycles. The number of nitrogen functional groups attached to an aromatic ring is 1. The van der Waals surface area contributed by atoms with Crippen molar-refractivity contribution in [3.63, 3.8) is 0 Å². The number of hydrogen-bond acceptors (Lipinski definition) is 5. The second-order valence-corrected chi connectivity index (χ2v) is 6.08. The third-order valence-corrected chi connectivity index (χ3v) is 4.31. The molecule has 3 aromatic rings. The van der Waals surface area contributed by atoms with E-state index < -0.39 is 0 Å². The molecule has 0 fully saturated rings. The van der Waals surface area contributed by atoms with Gasteiger partial charge >= 0.3 is 0 Å². The number of thiazole rings is 1. The summed E-state index contributed by atoms with van der Waals surface area (Å²) < 4.78 is 0. The van der Waals surface area contributed by atoms with E-state index in [-0.39, 0.29) is 5.54 Å². The Balaban J connectivity index is 2.06. The van der Waals surface area contributed by atoms with Crippen LogP contribution in [0.1, 0.15) is 18.9 Å². The highest BCUT2D eigenvalue weighted by atomic mass is 32.1. The third-order valence-electron chi connectivity index (χ3n) is 3.22. The van der Waals surface area contributed by atoms with Crippen molar-refractivity contribution in [2.24, 2.45) is 0 Å². The Bertz CT molecular complexity index is 735. The first-order valence-corrected chi connectivity index (χ1v) is 7.27. The highest BCUT2D eigenvalue weighted by Gasteiger charge is 2.23. The van der Waals surface area contributed by atoms with Gasteiger partial charge in [-0.05, 0) is 26.0 Å². The van der Waals surface area contributed by atoms with Crippen LogP contribution in [0.2, 0.25) is 0 Å². The van der Waals surface area contributed by atoms with Crippen molar-refractivity contribution in [1.29, 1.82) is 0 Å². The molecule has 0 aliphatic rings. The van der Waals surface area contributed by atoms with Crippen LogP contribution >= 0.6 is 11.3 Å². The molecule has 3 rings (SSSR count). The molecule has 0 atom stereocenters. The molecular weight excluding hydrogens is 268 g/mol. The molecule has 0 saturated heterocycles. The van der Waals surface area contributed by atoms with Crippen LogP contribution in [0.5, 0.6) is 0 Å². The number of benzene rings is 1. The summed E-state index contributed by atoms with van der Waals surface area (Å²) in [5.74, 6) is 0. The molecule has 2 heterocycles. The van der Waals surface area contributed by atoms with Crippen molar-refractivity contribution >= 4 is 33.6 Å². The van der Waals surface area contributed by atoms with E-state index in [4.69, 9.17) is 5.73 Å². The summed E-state index contributed by atoms with van der Waals surface area (Å²) in [5, 5.41) is 7.60.